The number of rotatable bonds is 3. The average molecular weight is 208 g/mol. The van der Waals surface area contributed by atoms with E-state index in [-0.39, 0.29) is 24.3 Å². The smallest absolute Gasteiger partial charge is 0.195 e. The molecule has 0 unspecified atom stereocenters. The van der Waals surface area contributed by atoms with Gasteiger partial charge in [0.05, 0.1) is 0 Å². The summed E-state index contributed by atoms with van der Waals surface area (Å²) < 4.78 is 0. The summed E-state index contributed by atoms with van der Waals surface area (Å²) in [5.41, 5.74) is 10.4. The first-order valence-electron chi connectivity index (χ1n) is 3.93. The van der Waals surface area contributed by atoms with E-state index in [9.17, 15) is 0 Å². The van der Waals surface area contributed by atoms with Crippen LogP contribution in [0.25, 0.3) is 0 Å². The minimum Gasteiger partial charge on any atom is -0.370 e. The fraction of sp³-hybridized carbons (Fsp3) is 0.714. The molecule has 0 saturated heterocycles. The van der Waals surface area contributed by atoms with Crippen molar-refractivity contribution >= 4 is 24.3 Å². The first kappa shape index (κ1) is 14.5. The van der Waals surface area contributed by atoms with Crippen LogP contribution >= 0.6 is 12.4 Å². The largest absolute Gasteiger partial charge is 0.370 e. The molecule has 6 N–H and O–H groups in total. The Balaban J connectivity index is 0. The topological polar surface area (TPSA) is 100 Å². The van der Waals surface area contributed by atoms with E-state index < -0.39 is 0 Å². The molecule has 0 aliphatic carbocycles. The second-order valence-electron chi connectivity index (χ2n) is 2.99. The van der Waals surface area contributed by atoms with Crippen LogP contribution in [0.15, 0.2) is 4.99 Å². The Morgan fingerprint density at radius 3 is 2.38 bits per heavy atom. The van der Waals surface area contributed by atoms with Crippen molar-refractivity contribution in [3.63, 3.8) is 0 Å². The molecule has 0 saturated carbocycles. The molecule has 6 heteroatoms. The van der Waals surface area contributed by atoms with Gasteiger partial charge < -0.3 is 11.5 Å². The summed E-state index contributed by atoms with van der Waals surface area (Å²) in [5.74, 6) is 0.642. The first-order valence-corrected chi connectivity index (χ1v) is 3.93. The summed E-state index contributed by atoms with van der Waals surface area (Å²) in [6.45, 7) is 4.90. The van der Waals surface area contributed by atoms with Gasteiger partial charge in [0.25, 0.3) is 0 Å². The normalized spacial score (nSPS) is 10.8. The highest BCUT2D eigenvalue weighted by molar-refractivity contribution is 5.95. The van der Waals surface area contributed by atoms with Gasteiger partial charge in [-0.25, -0.2) is 0 Å². The summed E-state index contributed by atoms with van der Waals surface area (Å²) in [4.78, 5) is 3.97. The minimum absolute atomic E-state index is 0. The Kier molecular flexibility index (Phi) is 8.58. The molecule has 78 valence electrons. The molecule has 0 amide bonds. The molecule has 0 atom stereocenters. The average Bonchev–Trinajstić information content (AvgIpc) is 1.84. The maximum atomic E-state index is 6.85. The zero-order valence-corrected chi connectivity index (χ0v) is 8.82. The fourth-order valence-corrected chi connectivity index (χ4v) is 0.621. The third-order valence-electron chi connectivity index (χ3n) is 1.25. The molecule has 0 heterocycles. The Morgan fingerprint density at radius 1 is 1.46 bits per heavy atom. The van der Waals surface area contributed by atoms with Gasteiger partial charge in [0.15, 0.2) is 11.9 Å². The number of hydrogen-bond acceptors (Lipinski definition) is 2. The Morgan fingerprint density at radius 2 is 2.00 bits per heavy atom. The lowest BCUT2D eigenvalue weighted by atomic mass is 10.1. The third kappa shape index (κ3) is 11.0. The van der Waals surface area contributed by atoms with Crippen molar-refractivity contribution in [3.8, 4) is 0 Å². The van der Waals surface area contributed by atoms with Gasteiger partial charge in [-0.1, -0.05) is 13.8 Å². The number of aliphatic imine (C=N–C) groups is 1. The molecule has 0 rings (SSSR count). The lowest BCUT2D eigenvalue weighted by Gasteiger charge is -2.03. The van der Waals surface area contributed by atoms with E-state index in [0.29, 0.717) is 12.5 Å². The second-order valence-corrected chi connectivity index (χ2v) is 2.99. The maximum absolute atomic E-state index is 6.85. The summed E-state index contributed by atoms with van der Waals surface area (Å²) in [5, 5.41) is 9.26. The quantitative estimate of drug-likeness (QED) is 0.394. The van der Waals surface area contributed by atoms with Crippen molar-refractivity contribution in [2.24, 2.45) is 22.4 Å². The molecule has 0 aromatic heterocycles. The Bertz CT molecular complexity index is 178. The number of nitrogens with one attached hydrogen (secondary N) is 2. The number of nitrogens with zero attached hydrogens (tertiary/aromatic N) is 1. The monoisotopic (exact) mass is 207 g/mol. The zero-order chi connectivity index (χ0) is 9.56. The van der Waals surface area contributed by atoms with E-state index in [2.05, 4.69) is 24.2 Å². The maximum Gasteiger partial charge on any atom is 0.195 e. The van der Waals surface area contributed by atoms with E-state index in [4.69, 9.17) is 16.9 Å². The summed E-state index contributed by atoms with van der Waals surface area (Å²) in [7, 11) is 0. The highest BCUT2D eigenvalue weighted by Crippen LogP contribution is 1.97. The second kappa shape index (κ2) is 7.67. The first-order chi connectivity index (χ1) is 5.52. The number of nitrogens with two attached hydrogens (primary N) is 2. The third-order valence-corrected chi connectivity index (χ3v) is 1.25. The minimum atomic E-state index is -0.180. The fourth-order valence-electron chi connectivity index (χ4n) is 0.621. The van der Waals surface area contributed by atoms with Crippen LogP contribution in [0.3, 0.4) is 0 Å². The molecule has 0 aromatic carbocycles. The lowest BCUT2D eigenvalue weighted by Crippen LogP contribution is -2.40. The van der Waals surface area contributed by atoms with Crippen molar-refractivity contribution in [2.75, 3.05) is 6.54 Å². The highest BCUT2D eigenvalue weighted by Gasteiger charge is 1.94. The van der Waals surface area contributed by atoms with Crippen LogP contribution in [0.2, 0.25) is 0 Å². The SMILES string of the molecule is CC(C)CCN=C(N)NC(=N)N.Cl. The molecule has 0 aromatic rings. The molecule has 0 spiro atoms. The van der Waals surface area contributed by atoms with Gasteiger partial charge in [-0.3, -0.25) is 15.7 Å². The molecule has 0 aliphatic rings. The van der Waals surface area contributed by atoms with Gasteiger partial charge in [0.2, 0.25) is 0 Å². The summed E-state index contributed by atoms with van der Waals surface area (Å²) in [6.07, 6.45) is 0.986. The van der Waals surface area contributed by atoms with Crippen molar-refractivity contribution in [2.45, 2.75) is 20.3 Å². The predicted octanol–water partition coefficient (Wildman–Crippen LogP) is 0.252. The molecule has 0 bridgehead atoms. The zero-order valence-electron chi connectivity index (χ0n) is 8.00. The molecular weight excluding hydrogens is 190 g/mol. The van der Waals surface area contributed by atoms with Gasteiger partial charge in [-0.15, -0.1) is 12.4 Å². The van der Waals surface area contributed by atoms with Crippen molar-refractivity contribution in [1.82, 2.24) is 5.32 Å². The van der Waals surface area contributed by atoms with Crippen molar-refractivity contribution < 1.29 is 0 Å². The molecule has 0 radical (unpaired) electrons. The van der Waals surface area contributed by atoms with E-state index in [1.54, 1.807) is 0 Å². The van der Waals surface area contributed by atoms with Gasteiger partial charge in [-0.05, 0) is 12.3 Å². The van der Waals surface area contributed by atoms with E-state index >= 15 is 0 Å². The van der Waals surface area contributed by atoms with Crippen LogP contribution < -0.4 is 16.8 Å². The molecular formula is C7H18ClN5. The van der Waals surface area contributed by atoms with Gasteiger partial charge in [0, 0.05) is 6.54 Å². The van der Waals surface area contributed by atoms with Crippen molar-refractivity contribution in [3.05, 3.63) is 0 Å². The molecule has 13 heavy (non-hydrogen) atoms. The molecule has 0 aliphatic heterocycles. The van der Waals surface area contributed by atoms with Crippen LogP contribution in [0.5, 0.6) is 0 Å². The van der Waals surface area contributed by atoms with Gasteiger partial charge in [0.1, 0.15) is 0 Å². The van der Waals surface area contributed by atoms with E-state index in [1.165, 1.54) is 0 Å². The lowest BCUT2D eigenvalue weighted by molar-refractivity contribution is 0.596. The summed E-state index contributed by atoms with van der Waals surface area (Å²) >= 11 is 0. The molecule has 5 nitrogen and oxygen atoms in total. The van der Waals surface area contributed by atoms with E-state index in [0.717, 1.165) is 6.42 Å². The van der Waals surface area contributed by atoms with Crippen LogP contribution in [0, 0.1) is 11.3 Å². The predicted molar refractivity (Wildman–Crippen MR) is 58.2 cm³/mol. The van der Waals surface area contributed by atoms with Crippen molar-refractivity contribution in [1.29, 1.82) is 5.41 Å². The van der Waals surface area contributed by atoms with Crippen LogP contribution in [-0.4, -0.2) is 18.5 Å². The highest BCUT2D eigenvalue weighted by atomic mass is 35.5. The van der Waals surface area contributed by atoms with Gasteiger partial charge in [-0.2, -0.15) is 0 Å². The Hall–Kier alpha value is -0.970. The summed E-state index contributed by atoms with van der Waals surface area (Å²) in [6, 6.07) is 0. The van der Waals surface area contributed by atoms with Crippen LogP contribution in [0.4, 0.5) is 0 Å². The number of hydrogen-bond donors (Lipinski definition) is 4. The number of guanidine groups is 2. The van der Waals surface area contributed by atoms with E-state index in [1.807, 2.05) is 0 Å². The Labute approximate surface area is 84.9 Å². The standard InChI is InChI=1S/C7H17N5.ClH/c1-5(2)3-4-11-7(10)12-6(8)9;/h5H,3-4H2,1-2H3,(H6,8,9,10,11,12);1H. The number of halogens is 1. The van der Waals surface area contributed by atoms with Crippen LogP contribution in [0.1, 0.15) is 20.3 Å². The molecule has 0 fully saturated rings. The van der Waals surface area contributed by atoms with Gasteiger partial charge >= 0.3 is 0 Å². The van der Waals surface area contributed by atoms with Crippen LogP contribution in [-0.2, 0) is 0 Å².